The largest absolute Gasteiger partial charge is 0.495 e. The van der Waals surface area contributed by atoms with Crippen molar-refractivity contribution in [2.24, 2.45) is 0 Å². The predicted molar refractivity (Wildman–Crippen MR) is 83.8 cm³/mol. The fourth-order valence-corrected chi connectivity index (χ4v) is 2.94. The molecule has 0 amide bonds. The molecule has 1 aliphatic heterocycles. The van der Waals surface area contributed by atoms with E-state index in [-0.39, 0.29) is 0 Å². The number of methoxy groups -OCH3 is 1. The molecule has 20 heavy (non-hydrogen) atoms. The van der Waals surface area contributed by atoms with Gasteiger partial charge in [0.25, 0.3) is 0 Å². The van der Waals surface area contributed by atoms with E-state index in [1.807, 2.05) is 18.2 Å². The van der Waals surface area contributed by atoms with Crippen LogP contribution in [0.25, 0.3) is 0 Å². The minimum absolute atomic E-state index is 0.740. The topological polar surface area (TPSA) is 12.5 Å². The maximum absolute atomic E-state index is 6.13. The number of hydrogen-bond donors (Lipinski definition) is 0. The molecule has 1 aliphatic rings. The third kappa shape index (κ3) is 2.25. The molecule has 3 rings (SSSR count). The minimum atomic E-state index is 0.740. The smallest absolute Gasteiger partial charge is 0.142 e. The van der Waals surface area contributed by atoms with Gasteiger partial charge in [0, 0.05) is 18.1 Å². The maximum Gasteiger partial charge on any atom is 0.142 e. The highest BCUT2D eigenvalue weighted by atomic mass is 35.5. The van der Waals surface area contributed by atoms with Crippen LogP contribution in [0.3, 0.4) is 0 Å². The summed E-state index contributed by atoms with van der Waals surface area (Å²) in [5, 5.41) is 0.740. The summed E-state index contributed by atoms with van der Waals surface area (Å²) >= 11 is 6.13. The quantitative estimate of drug-likeness (QED) is 0.807. The second kappa shape index (κ2) is 5.02. The van der Waals surface area contributed by atoms with Crippen LogP contribution in [0.5, 0.6) is 5.75 Å². The molecule has 0 saturated heterocycles. The van der Waals surface area contributed by atoms with Crippen LogP contribution in [0.4, 0.5) is 5.69 Å². The van der Waals surface area contributed by atoms with Crippen LogP contribution >= 0.6 is 11.6 Å². The van der Waals surface area contributed by atoms with Gasteiger partial charge in [-0.15, -0.1) is 0 Å². The zero-order valence-electron chi connectivity index (χ0n) is 12.0. The summed E-state index contributed by atoms with van der Waals surface area (Å²) in [7, 11) is 1.70. The Kier molecular flexibility index (Phi) is 3.35. The van der Waals surface area contributed by atoms with Crippen molar-refractivity contribution < 1.29 is 4.74 Å². The fraction of sp³-hybridized carbons (Fsp3) is 0.294. The predicted octanol–water partition coefficient (Wildman–Crippen LogP) is 4.49. The van der Waals surface area contributed by atoms with Crippen LogP contribution in [0.15, 0.2) is 30.3 Å². The molecule has 2 nitrogen and oxygen atoms in total. The molecule has 0 N–H and O–H groups in total. The summed E-state index contributed by atoms with van der Waals surface area (Å²) < 4.78 is 5.46. The SMILES string of the molecule is COc1ccc(Cl)cc1N1Cc2cc(C)c(C)cc2C1. The molecule has 0 atom stereocenters. The Morgan fingerprint density at radius 3 is 2.15 bits per heavy atom. The van der Waals surface area contributed by atoms with Crippen LogP contribution in [-0.4, -0.2) is 7.11 Å². The number of anilines is 1. The lowest BCUT2D eigenvalue weighted by Crippen LogP contribution is -2.15. The average Bonchev–Trinajstić information content (AvgIpc) is 2.82. The van der Waals surface area contributed by atoms with E-state index in [4.69, 9.17) is 16.3 Å². The van der Waals surface area contributed by atoms with Crippen LogP contribution < -0.4 is 9.64 Å². The lowest BCUT2D eigenvalue weighted by molar-refractivity contribution is 0.414. The Morgan fingerprint density at radius 2 is 1.60 bits per heavy atom. The van der Waals surface area contributed by atoms with E-state index >= 15 is 0 Å². The van der Waals surface area contributed by atoms with Crippen molar-refractivity contribution in [3.8, 4) is 5.75 Å². The summed E-state index contributed by atoms with van der Waals surface area (Å²) in [6, 6.07) is 10.4. The molecule has 0 radical (unpaired) electrons. The number of rotatable bonds is 2. The summed E-state index contributed by atoms with van der Waals surface area (Å²) in [4.78, 5) is 2.31. The number of hydrogen-bond acceptors (Lipinski definition) is 2. The Morgan fingerprint density at radius 1 is 1.00 bits per heavy atom. The van der Waals surface area contributed by atoms with Gasteiger partial charge < -0.3 is 9.64 Å². The zero-order chi connectivity index (χ0) is 14.3. The Bertz CT molecular complexity index is 635. The van der Waals surface area contributed by atoms with Gasteiger partial charge in [0.1, 0.15) is 5.75 Å². The molecule has 3 heteroatoms. The third-order valence-corrected chi connectivity index (χ3v) is 4.26. The van der Waals surface area contributed by atoms with Gasteiger partial charge in [-0.25, -0.2) is 0 Å². The van der Waals surface area contributed by atoms with Crippen LogP contribution in [0.1, 0.15) is 22.3 Å². The minimum Gasteiger partial charge on any atom is -0.495 e. The van der Waals surface area contributed by atoms with Crippen molar-refractivity contribution in [2.75, 3.05) is 12.0 Å². The van der Waals surface area contributed by atoms with E-state index in [1.165, 1.54) is 22.3 Å². The van der Waals surface area contributed by atoms with Gasteiger partial charge in [-0.3, -0.25) is 0 Å². The van der Waals surface area contributed by atoms with Gasteiger partial charge in [0.15, 0.2) is 0 Å². The lowest BCUT2D eigenvalue weighted by Gasteiger charge is -2.20. The molecule has 104 valence electrons. The van der Waals surface area contributed by atoms with Crippen molar-refractivity contribution >= 4 is 17.3 Å². The normalized spacial score (nSPS) is 13.5. The highest BCUT2D eigenvalue weighted by Crippen LogP contribution is 2.37. The molecular weight excluding hydrogens is 270 g/mol. The van der Waals surface area contributed by atoms with E-state index in [2.05, 4.69) is 30.9 Å². The molecule has 0 aliphatic carbocycles. The van der Waals surface area contributed by atoms with Crippen LogP contribution in [0, 0.1) is 13.8 Å². The molecule has 0 spiro atoms. The first kappa shape index (κ1) is 13.3. The molecule has 1 heterocycles. The monoisotopic (exact) mass is 287 g/mol. The first-order valence-electron chi connectivity index (χ1n) is 6.76. The molecule has 0 unspecified atom stereocenters. The Balaban J connectivity index is 1.97. The molecule has 0 aromatic heterocycles. The molecular formula is C17H18ClNO. The zero-order valence-corrected chi connectivity index (χ0v) is 12.8. The number of nitrogens with zero attached hydrogens (tertiary/aromatic N) is 1. The maximum atomic E-state index is 6.13. The van der Waals surface area contributed by atoms with E-state index < -0.39 is 0 Å². The standard InChI is InChI=1S/C17H18ClNO/c1-11-6-13-9-19(10-14(13)7-12(11)2)16-8-15(18)4-5-17(16)20-3/h4-8H,9-10H2,1-3H3. The van der Waals surface area contributed by atoms with E-state index in [0.717, 1.165) is 29.5 Å². The molecule has 2 aromatic carbocycles. The van der Waals surface area contributed by atoms with Gasteiger partial charge in [0.05, 0.1) is 12.8 Å². The van der Waals surface area contributed by atoms with Crippen LogP contribution in [-0.2, 0) is 13.1 Å². The number of ether oxygens (including phenoxy) is 1. The summed E-state index contributed by atoms with van der Waals surface area (Å²) in [5.74, 6) is 0.871. The summed E-state index contributed by atoms with van der Waals surface area (Å²) in [6.07, 6.45) is 0. The highest BCUT2D eigenvalue weighted by molar-refractivity contribution is 6.30. The van der Waals surface area contributed by atoms with Gasteiger partial charge in [-0.2, -0.15) is 0 Å². The second-order valence-electron chi connectivity index (χ2n) is 5.38. The van der Waals surface area contributed by atoms with E-state index in [1.54, 1.807) is 7.11 Å². The average molecular weight is 288 g/mol. The first-order valence-corrected chi connectivity index (χ1v) is 7.14. The Labute approximate surface area is 124 Å². The van der Waals surface area contributed by atoms with Gasteiger partial charge in [-0.05, 0) is 54.3 Å². The first-order chi connectivity index (χ1) is 9.58. The van der Waals surface area contributed by atoms with Gasteiger partial charge in [-0.1, -0.05) is 23.7 Å². The number of aryl methyl sites for hydroxylation is 2. The number of fused-ring (bicyclic) bond motifs is 1. The van der Waals surface area contributed by atoms with Crippen molar-refractivity contribution in [1.29, 1.82) is 0 Å². The van der Waals surface area contributed by atoms with Crippen molar-refractivity contribution in [1.82, 2.24) is 0 Å². The van der Waals surface area contributed by atoms with Crippen LogP contribution in [0.2, 0.25) is 5.02 Å². The van der Waals surface area contributed by atoms with E-state index in [0.29, 0.717) is 0 Å². The summed E-state index contributed by atoms with van der Waals surface area (Å²) in [5.41, 5.74) is 6.56. The molecule has 0 fully saturated rings. The number of benzene rings is 2. The molecule has 0 bridgehead atoms. The molecule has 2 aromatic rings. The fourth-order valence-electron chi connectivity index (χ4n) is 2.78. The second-order valence-corrected chi connectivity index (χ2v) is 5.81. The van der Waals surface area contributed by atoms with Crippen molar-refractivity contribution in [3.05, 3.63) is 57.6 Å². The summed E-state index contributed by atoms with van der Waals surface area (Å²) in [6.45, 7) is 6.15. The van der Waals surface area contributed by atoms with Crippen molar-refractivity contribution in [3.63, 3.8) is 0 Å². The third-order valence-electron chi connectivity index (χ3n) is 4.02. The van der Waals surface area contributed by atoms with Gasteiger partial charge >= 0.3 is 0 Å². The lowest BCUT2D eigenvalue weighted by atomic mass is 10.0. The van der Waals surface area contributed by atoms with E-state index in [9.17, 15) is 0 Å². The van der Waals surface area contributed by atoms with Crippen molar-refractivity contribution in [2.45, 2.75) is 26.9 Å². The molecule has 0 saturated carbocycles. The highest BCUT2D eigenvalue weighted by Gasteiger charge is 2.22. The Hall–Kier alpha value is -1.67. The number of halogens is 1. The van der Waals surface area contributed by atoms with Gasteiger partial charge in [0.2, 0.25) is 0 Å².